The number of thiazole rings is 1. The number of nitrogen functional groups attached to an aromatic ring is 1. The van der Waals surface area contributed by atoms with Gasteiger partial charge >= 0.3 is 17.9 Å². The number of thioether (sulfide) groups is 2. The Morgan fingerprint density at radius 3 is 2.55 bits per heavy atom. The van der Waals surface area contributed by atoms with Crippen LogP contribution in [0.1, 0.15) is 27.3 Å². The average Bonchev–Trinajstić information content (AvgIpc) is 3.73. The van der Waals surface area contributed by atoms with Crippen LogP contribution in [0.2, 0.25) is 0 Å². The molecule has 3 aromatic heterocycles. The van der Waals surface area contributed by atoms with Gasteiger partial charge in [-0.15, -0.1) is 40.0 Å². The van der Waals surface area contributed by atoms with Gasteiger partial charge in [0.05, 0.1) is 23.9 Å². The Balaban J connectivity index is 1.19. The number of nitrogens with two attached hydrogens (primary N) is 1. The summed E-state index contributed by atoms with van der Waals surface area (Å²) in [6.07, 6.45) is 1.00. The first-order chi connectivity index (χ1) is 24.3. The molecule has 6 rings (SSSR count). The van der Waals surface area contributed by atoms with Gasteiger partial charge in [-0.1, -0.05) is 10.4 Å². The molecule has 8 N–H and O–H groups in total. The van der Waals surface area contributed by atoms with Crippen LogP contribution in [0.5, 0.6) is 11.5 Å². The van der Waals surface area contributed by atoms with Gasteiger partial charge in [-0.2, -0.15) is 4.52 Å². The van der Waals surface area contributed by atoms with E-state index in [9.17, 15) is 49.5 Å². The minimum atomic E-state index is -1.43. The Bertz CT molecular complexity index is 2180. The molecular weight excluding hydrogens is 735 g/mol. The van der Waals surface area contributed by atoms with E-state index < -0.39 is 70.5 Å². The van der Waals surface area contributed by atoms with Crippen molar-refractivity contribution in [2.45, 2.75) is 29.5 Å². The van der Waals surface area contributed by atoms with Gasteiger partial charge in [0.15, 0.2) is 28.0 Å². The van der Waals surface area contributed by atoms with E-state index in [1.807, 2.05) is 0 Å². The van der Waals surface area contributed by atoms with Crippen LogP contribution >= 0.6 is 34.9 Å². The van der Waals surface area contributed by atoms with Crippen molar-refractivity contribution in [1.29, 1.82) is 0 Å². The number of carbonyl (C=O) groups excluding carboxylic acids is 2. The summed E-state index contributed by atoms with van der Waals surface area (Å²) in [4.78, 5) is 76.7. The van der Waals surface area contributed by atoms with Crippen LogP contribution in [-0.4, -0.2) is 114 Å². The lowest BCUT2D eigenvalue weighted by atomic mass is 10.0. The Hall–Kier alpha value is -5.94. The van der Waals surface area contributed by atoms with Crippen molar-refractivity contribution in [3.63, 3.8) is 0 Å². The SMILES string of the molecule is Nc1nc(/C(=N/OCc2cc(O)c(O)cc2C(=O)O)C(=O)N[C@@H]2C(=O)N3C(C(=O)O)=C(CSc4cc(CC(=O)O)nc5cnnn45)CS[C@H]23)cs1. The zero-order chi connectivity index (χ0) is 36.6. The van der Waals surface area contributed by atoms with Crippen molar-refractivity contribution in [2.24, 2.45) is 5.16 Å². The number of fused-ring (bicyclic) bond motifs is 2. The highest BCUT2D eigenvalue weighted by molar-refractivity contribution is 8.01. The maximum atomic E-state index is 13.5. The minimum absolute atomic E-state index is 0.0310. The molecule has 2 aliphatic heterocycles. The molecular formula is C28H23N9O11S3. The Morgan fingerprint density at radius 2 is 1.86 bits per heavy atom. The van der Waals surface area contributed by atoms with Crippen molar-refractivity contribution in [3.05, 3.63) is 63.6 Å². The quantitative estimate of drug-likeness (QED) is 0.0242. The lowest BCUT2D eigenvalue weighted by Crippen LogP contribution is -2.71. The summed E-state index contributed by atoms with van der Waals surface area (Å²) in [6, 6.07) is 2.12. The molecule has 2 aliphatic rings. The second-order valence-electron chi connectivity index (χ2n) is 10.7. The number of aromatic carboxylic acids is 1. The third kappa shape index (κ3) is 7.06. The molecule has 0 radical (unpaired) electrons. The molecule has 2 amide bonds. The number of phenolic OH excluding ortho intramolecular Hbond substituents is 2. The molecule has 0 bridgehead atoms. The van der Waals surface area contributed by atoms with Gasteiger partial charge in [0.2, 0.25) is 0 Å². The fraction of sp³-hybridized carbons (Fsp3) is 0.214. The molecule has 0 spiro atoms. The maximum Gasteiger partial charge on any atom is 0.352 e. The summed E-state index contributed by atoms with van der Waals surface area (Å²) in [5, 5.41) is 63.5. The Labute approximate surface area is 296 Å². The molecule has 264 valence electrons. The molecule has 2 atom stereocenters. The number of β-lactam (4-membered cyclic amide) rings is 1. The summed E-state index contributed by atoms with van der Waals surface area (Å²) < 4.78 is 1.38. The monoisotopic (exact) mass is 757 g/mol. The third-order valence-electron chi connectivity index (χ3n) is 7.34. The number of hydrogen-bond acceptors (Lipinski definition) is 17. The van der Waals surface area contributed by atoms with Gasteiger partial charge in [0.25, 0.3) is 11.8 Å². The minimum Gasteiger partial charge on any atom is -0.504 e. The van der Waals surface area contributed by atoms with E-state index in [0.29, 0.717) is 16.2 Å². The summed E-state index contributed by atoms with van der Waals surface area (Å²) >= 11 is 3.34. The number of aromatic hydroxyl groups is 2. The Kier molecular flexibility index (Phi) is 9.67. The molecule has 1 saturated heterocycles. The maximum absolute atomic E-state index is 13.5. The molecule has 0 unspecified atom stereocenters. The zero-order valence-corrected chi connectivity index (χ0v) is 27.9. The fourth-order valence-corrected chi connectivity index (χ4v) is 8.12. The number of carbonyl (C=O) groups is 5. The summed E-state index contributed by atoms with van der Waals surface area (Å²) in [5.74, 6) is -6.55. The first kappa shape index (κ1) is 34.9. The van der Waals surface area contributed by atoms with E-state index in [1.165, 1.54) is 33.9 Å². The van der Waals surface area contributed by atoms with E-state index in [1.54, 1.807) is 0 Å². The van der Waals surface area contributed by atoms with Gasteiger partial charge in [-0.3, -0.25) is 19.3 Å². The van der Waals surface area contributed by atoms with Gasteiger partial charge in [0.1, 0.15) is 34.4 Å². The molecule has 0 saturated carbocycles. The number of phenols is 2. The molecule has 23 heteroatoms. The van der Waals surface area contributed by atoms with Gasteiger partial charge in [0, 0.05) is 22.4 Å². The predicted molar refractivity (Wildman–Crippen MR) is 177 cm³/mol. The van der Waals surface area contributed by atoms with Gasteiger partial charge in [-0.25, -0.2) is 19.6 Å². The first-order valence-electron chi connectivity index (χ1n) is 14.3. The number of hydrogen-bond donors (Lipinski definition) is 7. The summed E-state index contributed by atoms with van der Waals surface area (Å²) in [6.45, 7) is -0.559. The number of aliphatic carboxylic acids is 2. The van der Waals surface area contributed by atoms with E-state index in [0.717, 1.165) is 40.1 Å². The van der Waals surface area contributed by atoms with E-state index in [2.05, 4.69) is 30.8 Å². The third-order valence-corrected chi connectivity index (χ3v) is 10.4. The number of carboxylic acids is 3. The first-order valence-corrected chi connectivity index (χ1v) is 17.2. The van der Waals surface area contributed by atoms with Crippen LogP contribution < -0.4 is 11.1 Å². The van der Waals surface area contributed by atoms with Crippen LogP contribution in [0.15, 0.2) is 51.2 Å². The van der Waals surface area contributed by atoms with Crippen LogP contribution in [0.4, 0.5) is 5.13 Å². The topological polar surface area (TPSA) is 305 Å². The molecule has 1 fully saturated rings. The number of aromatic nitrogens is 5. The highest BCUT2D eigenvalue weighted by atomic mass is 32.2. The largest absolute Gasteiger partial charge is 0.504 e. The highest BCUT2D eigenvalue weighted by Gasteiger charge is 2.54. The standard InChI is InChI=1S/C28H23N9O11S3/c29-28-32-14(9-51-28)20(34-48-6-10-1-15(38)16(39)4-13(10)26(44)45)23(42)33-21-24(43)36-22(27(46)47)11(8-50-25(21)36)7-49-18-2-12(3-19(40)41)31-17-5-30-35-37(17)18/h1-2,4-5,9,21,25,38-39H,3,6-8H2,(H2,29,32)(H,33,42)(H,40,41)(H,44,45)(H,46,47)/b34-20-/t21-,25-/m1/s1. The molecule has 4 aromatic rings. The van der Waals surface area contributed by atoms with E-state index >= 15 is 0 Å². The normalized spacial score (nSPS) is 17.2. The number of oxime groups is 1. The molecule has 1 aromatic carbocycles. The predicted octanol–water partition coefficient (Wildman–Crippen LogP) is 0.351. The van der Waals surface area contributed by atoms with Crippen molar-refractivity contribution in [1.82, 2.24) is 35.0 Å². The average molecular weight is 758 g/mol. The van der Waals surface area contributed by atoms with Crippen LogP contribution in [0.3, 0.4) is 0 Å². The number of anilines is 1. The van der Waals surface area contributed by atoms with Crippen molar-refractivity contribution in [3.8, 4) is 11.5 Å². The number of benzene rings is 1. The lowest BCUT2D eigenvalue weighted by Gasteiger charge is -2.49. The van der Waals surface area contributed by atoms with Crippen LogP contribution in [0, 0.1) is 0 Å². The smallest absolute Gasteiger partial charge is 0.352 e. The summed E-state index contributed by atoms with van der Waals surface area (Å²) in [7, 11) is 0. The van der Waals surface area contributed by atoms with Crippen LogP contribution in [0.25, 0.3) is 5.65 Å². The summed E-state index contributed by atoms with van der Waals surface area (Å²) in [5.41, 5.74) is 5.49. The molecule has 51 heavy (non-hydrogen) atoms. The van der Waals surface area contributed by atoms with Crippen molar-refractivity contribution >= 4 is 81.1 Å². The molecule has 20 nitrogen and oxygen atoms in total. The second kappa shape index (κ2) is 14.1. The fourth-order valence-electron chi connectivity index (χ4n) is 5.07. The number of amides is 2. The number of nitrogens with zero attached hydrogens (tertiary/aromatic N) is 7. The van der Waals surface area contributed by atoms with Gasteiger partial charge in [-0.05, 0) is 23.8 Å². The molecule has 0 aliphatic carbocycles. The number of rotatable bonds is 13. The zero-order valence-electron chi connectivity index (χ0n) is 25.5. The second-order valence-corrected chi connectivity index (χ2v) is 13.6. The van der Waals surface area contributed by atoms with Gasteiger partial charge < -0.3 is 41.4 Å². The van der Waals surface area contributed by atoms with E-state index in [-0.39, 0.29) is 45.7 Å². The lowest BCUT2D eigenvalue weighted by molar-refractivity contribution is -0.150. The van der Waals surface area contributed by atoms with E-state index in [4.69, 9.17) is 10.6 Å². The number of nitrogens with one attached hydrogen (secondary N) is 1. The number of carboxylic acid groups (broad SMARTS) is 3. The highest BCUT2D eigenvalue weighted by Crippen LogP contribution is 2.42. The Morgan fingerprint density at radius 1 is 1.10 bits per heavy atom. The van der Waals surface area contributed by atoms with Crippen LogP contribution in [-0.2, 0) is 37.0 Å². The molecule has 5 heterocycles. The van der Waals surface area contributed by atoms with Crippen molar-refractivity contribution in [2.75, 3.05) is 17.2 Å². The van der Waals surface area contributed by atoms with Crippen molar-refractivity contribution < 1.29 is 54.3 Å².